The van der Waals surface area contributed by atoms with E-state index in [2.05, 4.69) is 9.88 Å². The second-order valence-electron chi connectivity index (χ2n) is 6.91. The highest BCUT2D eigenvalue weighted by atomic mass is 19.1. The van der Waals surface area contributed by atoms with Gasteiger partial charge in [-0.15, -0.1) is 0 Å². The van der Waals surface area contributed by atoms with Crippen LogP contribution in [-0.2, 0) is 4.74 Å². The minimum absolute atomic E-state index is 0.0873. The number of halogens is 1. The number of carbonyl (C=O) groups excluding carboxylic acids is 1. The largest absolute Gasteiger partial charge is 0.447 e. The van der Waals surface area contributed by atoms with Crippen LogP contribution in [0.15, 0.2) is 36.5 Å². The molecule has 2 aliphatic heterocycles. The number of carbonyl (C=O) groups is 1. The van der Waals surface area contributed by atoms with Crippen LogP contribution in [0, 0.1) is 17.1 Å². The van der Waals surface area contributed by atoms with Gasteiger partial charge in [-0.1, -0.05) is 0 Å². The van der Waals surface area contributed by atoms with Gasteiger partial charge in [0.15, 0.2) is 0 Å². The Kier molecular flexibility index (Phi) is 5.18. The summed E-state index contributed by atoms with van der Waals surface area (Å²) in [4.78, 5) is 21.5. The SMILES string of the molecule is N#Cc1ccc(N2CCN(c3ccc(N4C(=O)OC[C@H]4CO)cc3F)CC2)nc1. The minimum Gasteiger partial charge on any atom is -0.447 e. The molecule has 0 aliphatic carbocycles. The maximum Gasteiger partial charge on any atom is 0.414 e. The highest BCUT2D eigenvalue weighted by molar-refractivity contribution is 5.90. The van der Waals surface area contributed by atoms with Gasteiger partial charge in [0.25, 0.3) is 0 Å². The monoisotopic (exact) mass is 397 g/mol. The summed E-state index contributed by atoms with van der Waals surface area (Å²) in [5.74, 6) is 0.367. The molecule has 1 amide bonds. The van der Waals surface area contributed by atoms with Crippen molar-refractivity contribution >= 4 is 23.3 Å². The molecule has 1 aromatic carbocycles. The van der Waals surface area contributed by atoms with Crippen molar-refractivity contribution in [1.29, 1.82) is 5.26 Å². The van der Waals surface area contributed by atoms with Crippen molar-refractivity contribution in [3.8, 4) is 6.07 Å². The van der Waals surface area contributed by atoms with Gasteiger partial charge in [0.2, 0.25) is 0 Å². The minimum atomic E-state index is -0.584. The molecular weight excluding hydrogens is 377 g/mol. The molecule has 150 valence electrons. The molecule has 2 aliphatic rings. The molecule has 0 saturated carbocycles. The van der Waals surface area contributed by atoms with E-state index in [1.54, 1.807) is 24.4 Å². The van der Waals surface area contributed by atoms with Crippen LogP contribution in [-0.4, -0.2) is 61.6 Å². The summed E-state index contributed by atoms with van der Waals surface area (Å²) in [7, 11) is 0. The first-order chi connectivity index (χ1) is 14.1. The number of aliphatic hydroxyl groups is 1. The van der Waals surface area contributed by atoms with Crippen molar-refractivity contribution in [2.75, 3.05) is 54.1 Å². The molecule has 29 heavy (non-hydrogen) atoms. The van der Waals surface area contributed by atoms with Gasteiger partial charge in [-0.2, -0.15) is 5.26 Å². The van der Waals surface area contributed by atoms with Gasteiger partial charge >= 0.3 is 6.09 Å². The standard InChI is InChI=1S/C20H20FN5O3/c21-17-9-15(26-16(12-27)13-29-20(26)28)2-3-18(17)24-5-7-25(8-6-24)19-4-1-14(10-22)11-23-19/h1-4,9,11,16,27H,5-8,12-13H2/t16-/m1/s1. The highest BCUT2D eigenvalue weighted by Gasteiger charge is 2.34. The van der Waals surface area contributed by atoms with Gasteiger partial charge in [-0.25, -0.2) is 14.2 Å². The van der Waals surface area contributed by atoms with Gasteiger partial charge in [0.1, 0.15) is 24.3 Å². The number of nitrogens with zero attached hydrogens (tertiary/aromatic N) is 5. The number of hydrogen-bond acceptors (Lipinski definition) is 7. The van der Waals surface area contributed by atoms with Crippen molar-refractivity contribution in [3.05, 3.63) is 47.9 Å². The van der Waals surface area contributed by atoms with Gasteiger partial charge < -0.3 is 19.6 Å². The van der Waals surface area contributed by atoms with Crippen LogP contribution in [0.25, 0.3) is 0 Å². The summed E-state index contributed by atoms with van der Waals surface area (Å²) in [5.41, 5.74) is 1.35. The second kappa shape index (κ2) is 7.93. The van der Waals surface area contributed by atoms with Gasteiger partial charge in [0, 0.05) is 32.4 Å². The van der Waals surface area contributed by atoms with Crippen LogP contribution in [0.1, 0.15) is 5.56 Å². The van der Waals surface area contributed by atoms with Crippen molar-refractivity contribution in [3.63, 3.8) is 0 Å². The van der Waals surface area contributed by atoms with Crippen LogP contribution < -0.4 is 14.7 Å². The molecule has 2 saturated heterocycles. The Morgan fingerprint density at radius 1 is 1.21 bits per heavy atom. The molecule has 0 radical (unpaired) electrons. The molecule has 9 heteroatoms. The van der Waals surface area contributed by atoms with E-state index in [0.717, 1.165) is 5.82 Å². The zero-order valence-electron chi connectivity index (χ0n) is 15.7. The lowest BCUT2D eigenvalue weighted by Gasteiger charge is -2.37. The number of piperazine rings is 1. The molecule has 1 N–H and O–H groups in total. The molecule has 3 heterocycles. The Bertz CT molecular complexity index is 938. The van der Waals surface area contributed by atoms with E-state index in [1.807, 2.05) is 17.0 Å². The number of aromatic nitrogens is 1. The van der Waals surface area contributed by atoms with Crippen LogP contribution in [0.4, 0.5) is 26.4 Å². The summed E-state index contributed by atoms with van der Waals surface area (Å²) >= 11 is 0. The van der Waals surface area contributed by atoms with Crippen LogP contribution in [0.3, 0.4) is 0 Å². The summed E-state index contributed by atoms with van der Waals surface area (Å²) < 4.78 is 19.8. The van der Waals surface area contributed by atoms with Crippen molar-refractivity contribution in [2.24, 2.45) is 0 Å². The highest BCUT2D eigenvalue weighted by Crippen LogP contribution is 2.29. The first-order valence-corrected chi connectivity index (χ1v) is 9.33. The average Bonchev–Trinajstić information content (AvgIpc) is 3.14. The molecule has 1 atom stereocenters. The summed E-state index contributed by atoms with van der Waals surface area (Å²) in [6.07, 6.45) is 0.961. The van der Waals surface area contributed by atoms with E-state index in [4.69, 9.17) is 10.00 Å². The third-order valence-corrected chi connectivity index (χ3v) is 5.20. The Balaban J connectivity index is 1.44. The number of nitriles is 1. The third-order valence-electron chi connectivity index (χ3n) is 5.20. The maximum atomic E-state index is 14.8. The number of hydrogen-bond donors (Lipinski definition) is 1. The second-order valence-corrected chi connectivity index (χ2v) is 6.91. The van der Waals surface area contributed by atoms with Crippen LogP contribution >= 0.6 is 0 Å². The maximum absolute atomic E-state index is 14.8. The Morgan fingerprint density at radius 2 is 1.97 bits per heavy atom. The molecule has 0 spiro atoms. The number of rotatable bonds is 4. The predicted molar refractivity (Wildman–Crippen MR) is 104 cm³/mol. The smallest absolute Gasteiger partial charge is 0.414 e. The Morgan fingerprint density at radius 3 is 2.59 bits per heavy atom. The molecule has 8 nitrogen and oxygen atoms in total. The lowest BCUT2D eigenvalue weighted by atomic mass is 10.2. The summed E-state index contributed by atoms with van der Waals surface area (Å²) in [6, 6.07) is 9.72. The average molecular weight is 397 g/mol. The predicted octanol–water partition coefficient (Wildman–Crippen LogP) is 1.74. The quantitative estimate of drug-likeness (QED) is 0.840. The number of amides is 1. The molecule has 0 bridgehead atoms. The Labute approximate surface area is 167 Å². The number of benzene rings is 1. The molecule has 4 rings (SSSR count). The van der Waals surface area contributed by atoms with Crippen molar-refractivity contribution < 1.29 is 19.0 Å². The van der Waals surface area contributed by atoms with E-state index < -0.39 is 18.0 Å². The van der Waals surface area contributed by atoms with E-state index in [-0.39, 0.29) is 13.2 Å². The molecule has 2 aromatic rings. The topological polar surface area (TPSA) is 92.9 Å². The van der Waals surface area contributed by atoms with E-state index >= 15 is 0 Å². The number of ether oxygens (including phenoxy) is 1. The molecule has 1 aromatic heterocycles. The fourth-order valence-corrected chi connectivity index (χ4v) is 3.63. The van der Waals surface area contributed by atoms with Gasteiger partial charge in [0.05, 0.1) is 29.6 Å². The molecule has 2 fully saturated rings. The normalized spacial score (nSPS) is 19.3. The lowest BCUT2D eigenvalue weighted by Crippen LogP contribution is -2.47. The van der Waals surface area contributed by atoms with Crippen molar-refractivity contribution in [1.82, 2.24) is 4.98 Å². The van der Waals surface area contributed by atoms with Gasteiger partial charge in [-0.3, -0.25) is 4.90 Å². The first-order valence-electron chi connectivity index (χ1n) is 9.33. The van der Waals surface area contributed by atoms with E-state index in [9.17, 15) is 14.3 Å². The summed E-state index contributed by atoms with van der Waals surface area (Å²) in [6.45, 7) is 2.41. The third kappa shape index (κ3) is 3.67. The Hall–Kier alpha value is -3.38. The van der Waals surface area contributed by atoms with Gasteiger partial charge in [-0.05, 0) is 30.3 Å². The first kappa shape index (κ1) is 19.0. The number of pyridine rings is 1. The number of anilines is 3. The molecular formula is C20H20FN5O3. The lowest BCUT2D eigenvalue weighted by molar-refractivity contribution is 0.174. The zero-order chi connectivity index (χ0) is 20.4. The summed E-state index contributed by atoms with van der Waals surface area (Å²) in [5, 5.41) is 18.3. The zero-order valence-corrected chi connectivity index (χ0v) is 15.7. The fraction of sp³-hybridized carbons (Fsp3) is 0.350. The van der Waals surface area contributed by atoms with Crippen molar-refractivity contribution in [2.45, 2.75) is 6.04 Å². The van der Waals surface area contributed by atoms with Crippen LogP contribution in [0.2, 0.25) is 0 Å². The van der Waals surface area contributed by atoms with E-state index in [0.29, 0.717) is 43.1 Å². The van der Waals surface area contributed by atoms with Crippen LogP contribution in [0.5, 0.6) is 0 Å². The number of cyclic esters (lactones) is 1. The van der Waals surface area contributed by atoms with E-state index in [1.165, 1.54) is 11.0 Å². The fourth-order valence-electron chi connectivity index (χ4n) is 3.63. The molecule has 0 unspecified atom stereocenters. The number of aliphatic hydroxyl groups excluding tert-OH is 1.